The number of thioether (sulfide) groups is 1. The highest BCUT2D eigenvalue weighted by Gasteiger charge is 2.15. The number of nitrogen functional groups attached to an aromatic ring is 1. The van der Waals surface area contributed by atoms with Crippen molar-refractivity contribution in [3.63, 3.8) is 0 Å². The van der Waals surface area contributed by atoms with Gasteiger partial charge in [-0.1, -0.05) is 30.0 Å². The Morgan fingerprint density at radius 3 is 2.62 bits per heavy atom. The number of hydrogen-bond donors (Lipinski definition) is 1. The predicted molar refractivity (Wildman–Crippen MR) is 88.1 cm³/mol. The fraction of sp³-hybridized carbons (Fsp3) is 0.125. The number of methoxy groups -OCH3 is 1. The second-order valence-electron chi connectivity index (χ2n) is 4.91. The third-order valence-corrected chi connectivity index (χ3v) is 4.38. The van der Waals surface area contributed by atoms with Crippen LogP contribution in [0.1, 0.15) is 5.56 Å². The number of nitrogens with zero attached hydrogens (tertiary/aromatic N) is 3. The summed E-state index contributed by atoms with van der Waals surface area (Å²) < 4.78 is 33.6. The number of hydrogen-bond acceptors (Lipinski definition) is 5. The molecule has 124 valence electrons. The molecule has 0 saturated carbocycles. The molecule has 0 aliphatic carbocycles. The highest BCUT2D eigenvalue weighted by Crippen LogP contribution is 2.27. The summed E-state index contributed by atoms with van der Waals surface area (Å²) in [5.74, 6) is 5.95. The average Bonchev–Trinajstić information content (AvgIpc) is 2.94. The minimum atomic E-state index is -0.433. The van der Waals surface area contributed by atoms with E-state index in [0.29, 0.717) is 10.9 Å². The van der Waals surface area contributed by atoms with Crippen LogP contribution >= 0.6 is 11.8 Å². The molecular weight excluding hydrogens is 334 g/mol. The summed E-state index contributed by atoms with van der Waals surface area (Å²) in [5, 5.41) is 8.31. The molecule has 8 heteroatoms. The van der Waals surface area contributed by atoms with Gasteiger partial charge in [0.15, 0.2) is 17.4 Å². The maximum Gasteiger partial charge on any atom is 0.210 e. The lowest BCUT2D eigenvalue weighted by molar-refractivity contribution is 0.386. The molecular formula is C16H14F2N4OS. The molecule has 0 amide bonds. The number of rotatable bonds is 5. The van der Waals surface area contributed by atoms with Crippen LogP contribution in [-0.4, -0.2) is 22.0 Å². The SMILES string of the molecule is COc1ccc(CSc2nnc(-c3ccccc3F)n2N)cc1F. The van der Waals surface area contributed by atoms with Crippen LogP contribution in [0.3, 0.4) is 0 Å². The second-order valence-corrected chi connectivity index (χ2v) is 5.86. The van der Waals surface area contributed by atoms with Crippen molar-refractivity contribution >= 4 is 11.8 Å². The second kappa shape index (κ2) is 6.88. The fourth-order valence-corrected chi connectivity index (χ4v) is 2.95. The number of ether oxygens (including phenoxy) is 1. The van der Waals surface area contributed by atoms with Crippen LogP contribution < -0.4 is 10.6 Å². The lowest BCUT2D eigenvalue weighted by atomic mass is 10.2. The number of aromatic nitrogens is 3. The van der Waals surface area contributed by atoms with Gasteiger partial charge in [-0.05, 0) is 29.8 Å². The lowest BCUT2D eigenvalue weighted by Crippen LogP contribution is -2.12. The van der Waals surface area contributed by atoms with Gasteiger partial charge >= 0.3 is 0 Å². The maximum atomic E-state index is 13.8. The van der Waals surface area contributed by atoms with E-state index in [1.807, 2.05) is 0 Å². The zero-order chi connectivity index (χ0) is 17.1. The topological polar surface area (TPSA) is 66.0 Å². The Balaban J connectivity index is 1.78. The highest BCUT2D eigenvalue weighted by atomic mass is 32.2. The van der Waals surface area contributed by atoms with Crippen molar-refractivity contribution in [2.75, 3.05) is 13.0 Å². The van der Waals surface area contributed by atoms with Gasteiger partial charge in [-0.2, -0.15) is 0 Å². The third kappa shape index (κ3) is 3.18. The summed E-state index contributed by atoms with van der Waals surface area (Å²) in [6.07, 6.45) is 0. The standard InChI is InChI=1S/C16H14F2N4OS/c1-23-14-7-6-10(8-13(14)18)9-24-16-21-20-15(22(16)19)11-4-2-3-5-12(11)17/h2-8H,9,19H2,1H3. The summed E-state index contributed by atoms with van der Waals surface area (Å²) in [4.78, 5) is 0. The van der Waals surface area contributed by atoms with E-state index in [4.69, 9.17) is 10.6 Å². The largest absolute Gasteiger partial charge is 0.494 e. The number of benzene rings is 2. The van der Waals surface area contributed by atoms with Crippen LogP contribution in [0.15, 0.2) is 47.6 Å². The van der Waals surface area contributed by atoms with E-state index in [9.17, 15) is 8.78 Å². The molecule has 3 rings (SSSR count). The van der Waals surface area contributed by atoms with E-state index in [1.54, 1.807) is 30.3 Å². The molecule has 0 bridgehead atoms. The van der Waals surface area contributed by atoms with Crippen LogP contribution in [0.25, 0.3) is 11.4 Å². The van der Waals surface area contributed by atoms with E-state index in [0.717, 1.165) is 5.56 Å². The Bertz CT molecular complexity index is 869. The first-order valence-electron chi connectivity index (χ1n) is 7.00. The van der Waals surface area contributed by atoms with E-state index in [-0.39, 0.29) is 17.1 Å². The molecule has 1 aromatic heterocycles. The van der Waals surface area contributed by atoms with Crippen molar-refractivity contribution in [1.29, 1.82) is 0 Å². The zero-order valence-corrected chi connectivity index (χ0v) is 13.6. The number of halogens is 2. The molecule has 0 unspecified atom stereocenters. The Hall–Kier alpha value is -2.61. The van der Waals surface area contributed by atoms with E-state index >= 15 is 0 Å². The monoisotopic (exact) mass is 348 g/mol. The van der Waals surface area contributed by atoms with Gasteiger partial charge in [0.05, 0.1) is 12.7 Å². The highest BCUT2D eigenvalue weighted by molar-refractivity contribution is 7.98. The molecule has 0 radical (unpaired) electrons. The summed E-state index contributed by atoms with van der Waals surface area (Å²) in [7, 11) is 1.41. The molecule has 1 heterocycles. The molecule has 2 aromatic carbocycles. The van der Waals surface area contributed by atoms with Crippen LogP contribution in [0, 0.1) is 11.6 Å². The molecule has 0 spiro atoms. The molecule has 0 aliphatic heterocycles. The third-order valence-electron chi connectivity index (χ3n) is 3.36. The minimum Gasteiger partial charge on any atom is -0.494 e. The molecule has 2 N–H and O–H groups in total. The molecule has 5 nitrogen and oxygen atoms in total. The van der Waals surface area contributed by atoms with Crippen LogP contribution in [0.5, 0.6) is 5.75 Å². The summed E-state index contributed by atoms with van der Waals surface area (Å²) in [6.45, 7) is 0. The Morgan fingerprint density at radius 1 is 1.12 bits per heavy atom. The minimum absolute atomic E-state index is 0.188. The van der Waals surface area contributed by atoms with Crippen molar-refractivity contribution < 1.29 is 13.5 Å². The van der Waals surface area contributed by atoms with Crippen molar-refractivity contribution in [3.05, 3.63) is 59.7 Å². The first kappa shape index (κ1) is 16.3. The van der Waals surface area contributed by atoms with E-state index in [1.165, 1.54) is 35.7 Å². The van der Waals surface area contributed by atoms with Gasteiger partial charge < -0.3 is 10.6 Å². The van der Waals surface area contributed by atoms with Gasteiger partial charge in [0.25, 0.3) is 0 Å². The Morgan fingerprint density at radius 2 is 1.92 bits per heavy atom. The fourth-order valence-electron chi connectivity index (χ4n) is 2.15. The Kier molecular flexibility index (Phi) is 4.66. The first-order chi connectivity index (χ1) is 11.6. The predicted octanol–water partition coefficient (Wildman–Crippen LogP) is 3.24. The molecule has 0 aliphatic rings. The van der Waals surface area contributed by atoms with Crippen molar-refractivity contribution in [3.8, 4) is 17.1 Å². The van der Waals surface area contributed by atoms with Crippen molar-refractivity contribution in [2.24, 2.45) is 0 Å². The molecule has 0 saturated heterocycles. The van der Waals surface area contributed by atoms with Crippen LogP contribution in [0.2, 0.25) is 0 Å². The van der Waals surface area contributed by atoms with Gasteiger partial charge in [-0.25, -0.2) is 13.5 Å². The lowest BCUT2D eigenvalue weighted by Gasteiger charge is -2.06. The smallest absolute Gasteiger partial charge is 0.210 e. The maximum absolute atomic E-state index is 13.8. The molecule has 0 atom stereocenters. The number of nitrogens with two attached hydrogens (primary N) is 1. The van der Waals surface area contributed by atoms with Gasteiger partial charge in [0.2, 0.25) is 5.16 Å². The normalized spacial score (nSPS) is 10.8. The molecule has 0 fully saturated rings. The van der Waals surface area contributed by atoms with Gasteiger partial charge in [-0.3, -0.25) is 0 Å². The average molecular weight is 348 g/mol. The van der Waals surface area contributed by atoms with Gasteiger partial charge in [0.1, 0.15) is 5.82 Å². The van der Waals surface area contributed by atoms with Crippen molar-refractivity contribution in [1.82, 2.24) is 14.9 Å². The summed E-state index contributed by atoms with van der Waals surface area (Å²) >= 11 is 1.28. The molecule has 24 heavy (non-hydrogen) atoms. The van der Waals surface area contributed by atoms with Gasteiger partial charge in [0, 0.05) is 5.75 Å². The zero-order valence-electron chi connectivity index (χ0n) is 12.7. The van der Waals surface area contributed by atoms with Crippen molar-refractivity contribution in [2.45, 2.75) is 10.9 Å². The van der Waals surface area contributed by atoms with E-state index < -0.39 is 11.6 Å². The Labute approximate surface area is 141 Å². The first-order valence-corrected chi connectivity index (χ1v) is 7.99. The summed E-state index contributed by atoms with van der Waals surface area (Å²) in [6, 6.07) is 10.9. The van der Waals surface area contributed by atoms with Crippen LogP contribution in [-0.2, 0) is 5.75 Å². The van der Waals surface area contributed by atoms with Crippen LogP contribution in [0.4, 0.5) is 8.78 Å². The van der Waals surface area contributed by atoms with E-state index in [2.05, 4.69) is 10.2 Å². The quantitative estimate of drug-likeness (QED) is 0.566. The molecule has 3 aromatic rings. The van der Waals surface area contributed by atoms with Gasteiger partial charge in [-0.15, -0.1) is 10.2 Å². The summed E-state index contributed by atoms with van der Waals surface area (Å²) in [5.41, 5.74) is 1.02.